The summed E-state index contributed by atoms with van der Waals surface area (Å²) in [6, 6.07) is 28.1. The Labute approximate surface area is 173 Å². The fourth-order valence-corrected chi connectivity index (χ4v) is 3.97. The number of pyridine rings is 1. The summed E-state index contributed by atoms with van der Waals surface area (Å²) in [6.07, 6.45) is 2.78. The van der Waals surface area contributed by atoms with Crippen LogP contribution in [-0.4, -0.2) is 9.38 Å². The molecule has 0 atom stereocenters. The zero-order chi connectivity index (χ0) is 19.8. The second kappa shape index (κ2) is 7.09. The summed E-state index contributed by atoms with van der Waals surface area (Å²) >= 11 is 6.22. The van der Waals surface area contributed by atoms with Crippen molar-refractivity contribution >= 4 is 28.0 Å². The van der Waals surface area contributed by atoms with Crippen LogP contribution in [0.15, 0.2) is 85.1 Å². The van der Waals surface area contributed by atoms with Crippen molar-refractivity contribution in [3.05, 3.63) is 107 Å². The van der Waals surface area contributed by atoms with Gasteiger partial charge in [0.1, 0.15) is 5.65 Å². The Balaban J connectivity index is 1.77. The molecule has 0 aliphatic rings. The molecular weight excluding hydrogens is 378 g/mol. The van der Waals surface area contributed by atoms with Crippen LogP contribution in [0.3, 0.4) is 0 Å². The van der Waals surface area contributed by atoms with Gasteiger partial charge in [-0.1, -0.05) is 60.1 Å². The van der Waals surface area contributed by atoms with E-state index in [1.54, 1.807) is 0 Å². The minimum Gasteiger partial charge on any atom is -0.303 e. The second-order valence-electron chi connectivity index (χ2n) is 7.00. The number of imidazole rings is 1. The van der Waals surface area contributed by atoms with Gasteiger partial charge in [0.15, 0.2) is 0 Å². The third-order valence-electron chi connectivity index (χ3n) is 5.16. The number of halogens is 1. The van der Waals surface area contributed by atoms with E-state index in [1.807, 2.05) is 54.6 Å². The van der Waals surface area contributed by atoms with Gasteiger partial charge in [0, 0.05) is 28.6 Å². The number of aromatic nitrogens is 2. The van der Waals surface area contributed by atoms with Crippen molar-refractivity contribution in [3.8, 4) is 17.3 Å². The van der Waals surface area contributed by atoms with Crippen molar-refractivity contribution in [3.63, 3.8) is 0 Å². The summed E-state index contributed by atoms with van der Waals surface area (Å²) in [4.78, 5) is 5.03. The highest BCUT2D eigenvalue weighted by molar-refractivity contribution is 6.30. The van der Waals surface area contributed by atoms with Crippen LogP contribution in [0.1, 0.15) is 16.8 Å². The molecule has 138 valence electrons. The van der Waals surface area contributed by atoms with Crippen molar-refractivity contribution in [1.82, 2.24) is 9.38 Å². The van der Waals surface area contributed by atoms with Crippen LogP contribution in [0, 0.1) is 11.3 Å². The number of hydrogen-bond donors (Lipinski definition) is 0. The molecule has 0 spiro atoms. The minimum atomic E-state index is 0.638. The van der Waals surface area contributed by atoms with Crippen LogP contribution in [0.25, 0.3) is 27.7 Å². The topological polar surface area (TPSA) is 41.1 Å². The summed E-state index contributed by atoms with van der Waals surface area (Å²) in [5.41, 5.74) is 5.71. The van der Waals surface area contributed by atoms with E-state index in [0.717, 1.165) is 44.0 Å². The van der Waals surface area contributed by atoms with Gasteiger partial charge in [0.2, 0.25) is 0 Å². The van der Waals surface area contributed by atoms with Crippen molar-refractivity contribution in [2.24, 2.45) is 0 Å². The van der Waals surface area contributed by atoms with Gasteiger partial charge in [0.25, 0.3) is 0 Å². The van der Waals surface area contributed by atoms with E-state index in [-0.39, 0.29) is 0 Å². The first-order valence-corrected chi connectivity index (χ1v) is 9.74. The van der Waals surface area contributed by atoms with Gasteiger partial charge < -0.3 is 4.40 Å². The maximum atomic E-state index is 9.12. The standard InChI is InChI=1S/C25H16ClN3/c26-21-6-3-4-18(14-21)15-23-24(20-10-8-17(16-27)9-11-20)28-25-22-7-2-1-5-19(22)12-13-29(23)25/h1-14H,15H2. The fraction of sp³-hybridized carbons (Fsp3) is 0.0400. The molecule has 0 unspecified atom stereocenters. The molecule has 0 radical (unpaired) electrons. The SMILES string of the molecule is N#Cc1ccc(-c2nc3c4ccccc4ccn3c2Cc2cccc(Cl)c2)cc1. The first-order valence-electron chi connectivity index (χ1n) is 9.36. The number of nitriles is 1. The average molecular weight is 394 g/mol. The fourth-order valence-electron chi connectivity index (χ4n) is 3.76. The smallest absolute Gasteiger partial charge is 0.145 e. The highest BCUT2D eigenvalue weighted by Gasteiger charge is 2.16. The van der Waals surface area contributed by atoms with Gasteiger partial charge >= 0.3 is 0 Å². The molecule has 5 aromatic rings. The lowest BCUT2D eigenvalue weighted by Gasteiger charge is -2.07. The first kappa shape index (κ1) is 17.5. The Hall–Kier alpha value is -3.61. The molecule has 29 heavy (non-hydrogen) atoms. The Morgan fingerprint density at radius 2 is 1.76 bits per heavy atom. The van der Waals surface area contributed by atoms with Gasteiger partial charge in [0.05, 0.1) is 23.0 Å². The molecule has 0 N–H and O–H groups in total. The summed E-state index contributed by atoms with van der Waals surface area (Å²) in [5.74, 6) is 0. The van der Waals surface area contributed by atoms with E-state index >= 15 is 0 Å². The summed E-state index contributed by atoms with van der Waals surface area (Å²) in [5, 5.41) is 12.1. The second-order valence-corrected chi connectivity index (χ2v) is 7.44. The maximum Gasteiger partial charge on any atom is 0.145 e. The predicted octanol–water partition coefficient (Wildman–Crippen LogP) is 6.27. The molecule has 3 nitrogen and oxygen atoms in total. The molecule has 5 rings (SSSR count). The number of rotatable bonds is 3. The third kappa shape index (κ3) is 3.14. The van der Waals surface area contributed by atoms with Crippen LogP contribution in [0.5, 0.6) is 0 Å². The Morgan fingerprint density at radius 1 is 0.931 bits per heavy atom. The predicted molar refractivity (Wildman–Crippen MR) is 117 cm³/mol. The van der Waals surface area contributed by atoms with Crippen molar-refractivity contribution in [2.75, 3.05) is 0 Å². The van der Waals surface area contributed by atoms with Gasteiger partial charge in [-0.3, -0.25) is 0 Å². The lowest BCUT2D eigenvalue weighted by molar-refractivity contribution is 1.03. The number of fused-ring (bicyclic) bond motifs is 3. The van der Waals surface area contributed by atoms with Crippen LogP contribution in [0.2, 0.25) is 5.02 Å². The number of benzene rings is 3. The van der Waals surface area contributed by atoms with Crippen molar-refractivity contribution in [2.45, 2.75) is 6.42 Å². The van der Waals surface area contributed by atoms with E-state index in [2.05, 4.69) is 40.9 Å². The van der Waals surface area contributed by atoms with Crippen LogP contribution in [-0.2, 0) is 6.42 Å². The minimum absolute atomic E-state index is 0.638. The molecule has 0 bridgehead atoms. The van der Waals surface area contributed by atoms with E-state index in [0.29, 0.717) is 12.0 Å². The molecule has 4 heteroatoms. The van der Waals surface area contributed by atoms with E-state index in [1.165, 1.54) is 0 Å². The van der Waals surface area contributed by atoms with E-state index in [9.17, 15) is 0 Å². The van der Waals surface area contributed by atoms with E-state index < -0.39 is 0 Å². The van der Waals surface area contributed by atoms with Crippen LogP contribution < -0.4 is 0 Å². The first-order chi connectivity index (χ1) is 14.2. The lowest BCUT2D eigenvalue weighted by Crippen LogP contribution is -1.97. The van der Waals surface area contributed by atoms with Crippen LogP contribution >= 0.6 is 11.6 Å². The Morgan fingerprint density at radius 3 is 2.55 bits per heavy atom. The monoisotopic (exact) mass is 393 g/mol. The maximum absolute atomic E-state index is 9.12. The third-order valence-corrected chi connectivity index (χ3v) is 5.40. The quantitative estimate of drug-likeness (QED) is 0.362. The van der Waals surface area contributed by atoms with Gasteiger partial charge in [-0.2, -0.15) is 5.26 Å². The highest BCUT2D eigenvalue weighted by Crippen LogP contribution is 2.30. The number of hydrogen-bond acceptors (Lipinski definition) is 2. The molecular formula is C25H16ClN3. The molecule has 3 aromatic carbocycles. The molecule has 0 fully saturated rings. The van der Waals surface area contributed by atoms with Gasteiger partial charge in [-0.05, 0) is 41.3 Å². The van der Waals surface area contributed by atoms with Crippen molar-refractivity contribution < 1.29 is 0 Å². The van der Waals surface area contributed by atoms with Gasteiger partial charge in [-0.25, -0.2) is 4.98 Å². The zero-order valence-corrected chi connectivity index (χ0v) is 16.3. The zero-order valence-electron chi connectivity index (χ0n) is 15.5. The molecule has 2 aromatic heterocycles. The van der Waals surface area contributed by atoms with E-state index in [4.69, 9.17) is 21.8 Å². The molecule has 0 aliphatic heterocycles. The average Bonchev–Trinajstić information content (AvgIpc) is 3.12. The summed E-state index contributed by atoms with van der Waals surface area (Å²) < 4.78 is 2.16. The number of nitrogens with zero attached hydrogens (tertiary/aromatic N) is 3. The largest absolute Gasteiger partial charge is 0.303 e. The normalized spacial score (nSPS) is 11.0. The van der Waals surface area contributed by atoms with Crippen molar-refractivity contribution in [1.29, 1.82) is 5.26 Å². The highest BCUT2D eigenvalue weighted by atomic mass is 35.5. The molecule has 0 amide bonds. The van der Waals surface area contributed by atoms with Gasteiger partial charge in [-0.15, -0.1) is 0 Å². The summed E-state index contributed by atoms with van der Waals surface area (Å²) in [7, 11) is 0. The molecule has 0 saturated carbocycles. The molecule has 0 saturated heterocycles. The molecule has 0 aliphatic carbocycles. The summed E-state index contributed by atoms with van der Waals surface area (Å²) in [6.45, 7) is 0. The molecule has 2 heterocycles. The van der Waals surface area contributed by atoms with Crippen LogP contribution in [0.4, 0.5) is 0 Å². The Kier molecular flexibility index (Phi) is 4.27. The Bertz CT molecular complexity index is 1390. The lowest BCUT2D eigenvalue weighted by atomic mass is 10.0.